The molecule has 2 atom stereocenters. The van der Waals surface area contributed by atoms with E-state index in [0.717, 1.165) is 30.4 Å². The highest BCUT2D eigenvalue weighted by Crippen LogP contribution is 2.25. The predicted molar refractivity (Wildman–Crippen MR) is 61.7 cm³/mol. The molecule has 84 valence electrons. The van der Waals surface area contributed by atoms with Gasteiger partial charge in [-0.1, -0.05) is 20.3 Å². The molecule has 1 heterocycles. The average Bonchev–Trinajstić information content (AvgIpc) is 2.84. The van der Waals surface area contributed by atoms with E-state index >= 15 is 0 Å². The Morgan fingerprint density at radius 2 is 2.13 bits per heavy atom. The third kappa shape index (κ3) is 2.63. The van der Waals surface area contributed by atoms with Gasteiger partial charge in [0.25, 0.3) is 0 Å². The highest BCUT2D eigenvalue weighted by molar-refractivity contribution is 5.07. The van der Waals surface area contributed by atoms with Gasteiger partial charge in [-0.05, 0) is 30.9 Å². The van der Waals surface area contributed by atoms with E-state index in [4.69, 9.17) is 4.42 Å². The van der Waals surface area contributed by atoms with Crippen molar-refractivity contribution in [2.45, 2.75) is 52.1 Å². The largest absolute Gasteiger partial charge is 0.465 e. The number of hydrogen-bond acceptors (Lipinski definition) is 2. The van der Waals surface area contributed by atoms with E-state index in [0.29, 0.717) is 6.04 Å². The standard InChI is InChI=1S/C13H21NO/c1-3-11-7-8-12(15-11)9-14-13-6-4-5-10(13)2/h7-8,10,13-14H,3-6,9H2,1-2H3. The molecule has 1 aromatic rings. The van der Waals surface area contributed by atoms with Gasteiger partial charge in [-0.3, -0.25) is 0 Å². The van der Waals surface area contributed by atoms with E-state index in [2.05, 4.69) is 31.3 Å². The Balaban J connectivity index is 1.82. The first kappa shape index (κ1) is 10.7. The van der Waals surface area contributed by atoms with Gasteiger partial charge in [0.15, 0.2) is 0 Å². The van der Waals surface area contributed by atoms with Gasteiger partial charge in [-0.25, -0.2) is 0 Å². The summed E-state index contributed by atoms with van der Waals surface area (Å²) in [7, 11) is 0. The Hall–Kier alpha value is -0.760. The molecule has 15 heavy (non-hydrogen) atoms. The monoisotopic (exact) mass is 207 g/mol. The van der Waals surface area contributed by atoms with Crippen LogP contribution in [0.15, 0.2) is 16.5 Å². The van der Waals surface area contributed by atoms with Crippen LogP contribution in [0, 0.1) is 5.92 Å². The third-order valence-electron chi connectivity index (χ3n) is 3.47. The fourth-order valence-corrected chi connectivity index (χ4v) is 2.39. The Bertz CT molecular complexity index is 305. The van der Waals surface area contributed by atoms with Crippen LogP contribution in [0.3, 0.4) is 0 Å². The predicted octanol–water partition coefficient (Wildman–Crippen LogP) is 3.12. The van der Waals surface area contributed by atoms with E-state index in [1.54, 1.807) is 0 Å². The summed E-state index contributed by atoms with van der Waals surface area (Å²) in [5.41, 5.74) is 0. The second-order valence-electron chi connectivity index (χ2n) is 4.62. The molecule has 0 saturated heterocycles. The van der Waals surface area contributed by atoms with Gasteiger partial charge in [-0.2, -0.15) is 0 Å². The van der Waals surface area contributed by atoms with Crippen LogP contribution in [-0.2, 0) is 13.0 Å². The highest BCUT2D eigenvalue weighted by atomic mass is 16.3. The smallest absolute Gasteiger partial charge is 0.117 e. The topological polar surface area (TPSA) is 25.2 Å². The fourth-order valence-electron chi connectivity index (χ4n) is 2.39. The quantitative estimate of drug-likeness (QED) is 0.820. The van der Waals surface area contributed by atoms with Crippen molar-refractivity contribution < 1.29 is 4.42 Å². The van der Waals surface area contributed by atoms with Crippen molar-refractivity contribution in [3.63, 3.8) is 0 Å². The lowest BCUT2D eigenvalue weighted by molar-refractivity contribution is 0.387. The first-order chi connectivity index (χ1) is 7.29. The van der Waals surface area contributed by atoms with Crippen LogP contribution in [0.5, 0.6) is 0 Å². The van der Waals surface area contributed by atoms with Gasteiger partial charge in [0, 0.05) is 12.5 Å². The molecule has 1 saturated carbocycles. The number of nitrogens with one attached hydrogen (secondary N) is 1. The second kappa shape index (κ2) is 4.84. The zero-order chi connectivity index (χ0) is 10.7. The molecule has 1 N–H and O–H groups in total. The Morgan fingerprint density at radius 1 is 1.33 bits per heavy atom. The third-order valence-corrected chi connectivity index (χ3v) is 3.47. The van der Waals surface area contributed by atoms with Crippen molar-refractivity contribution in [1.82, 2.24) is 5.32 Å². The van der Waals surface area contributed by atoms with Crippen molar-refractivity contribution in [2.24, 2.45) is 5.92 Å². The van der Waals surface area contributed by atoms with E-state index in [9.17, 15) is 0 Å². The first-order valence-corrected chi connectivity index (χ1v) is 6.10. The number of aryl methyl sites for hydroxylation is 1. The summed E-state index contributed by atoms with van der Waals surface area (Å²) in [6.45, 7) is 5.34. The number of furan rings is 1. The van der Waals surface area contributed by atoms with Crippen LogP contribution in [0.2, 0.25) is 0 Å². The molecule has 2 rings (SSSR count). The number of hydrogen-bond donors (Lipinski definition) is 1. The molecule has 0 bridgehead atoms. The van der Waals surface area contributed by atoms with E-state index in [-0.39, 0.29) is 0 Å². The van der Waals surface area contributed by atoms with Gasteiger partial charge in [0.05, 0.1) is 6.54 Å². The molecule has 1 fully saturated rings. The van der Waals surface area contributed by atoms with Crippen LogP contribution in [0.4, 0.5) is 0 Å². The molecule has 1 aromatic heterocycles. The van der Waals surface area contributed by atoms with Gasteiger partial charge in [0.2, 0.25) is 0 Å². The van der Waals surface area contributed by atoms with E-state index < -0.39 is 0 Å². The summed E-state index contributed by atoms with van der Waals surface area (Å²) in [5, 5.41) is 3.59. The van der Waals surface area contributed by atoms with Crippen LogP contribution in [0.25, 0.3) is 0 Å². The lowest BCUT2D eigenvalue weighted by atomic mass is 10.1. The molecule has 0 aliphatic heterocycles. The summed E-state index contributed by atoms with van der Waals surface area (Å²) >= 11 is 0. The second-order valence-corrected chi connectivity index (χ2v) is 4.62. The maximum atomic E-state index is 5.67. The Morgan fingerprint density at radius 3 is 2.73 bits per heavy atom. The van der Waals surface area contributed by atoms with Crippen molar-refractivity contribution in [1.29, 1.82) is 0 Å². The molecule has 0 spiro atoms. The molecule has 2 heteroatoms. The van der Waals surface area contributed by atoms with Gasteiger partial charge in [-0.15, -0.1) is 0 Å². The average molecular weight is 207 g/mol. The first-order valence-electron chi connectivity index (χ1n) is 6.10. The highest BCUT2D eigenvalue weighted by Gasteiger charge is 2.22. The summed E-state index contributed by atoms with van der Waals surface area (Å²) in [6.07, 6.45) is 5.05. The summed E-state index contributed by atoms with van der Waals surface area (Å²) < 4.78 is 5.67. The van der Waals surface area contributed by atoms with Crippen LogP contribution in [-0.4, -0.2) is 6.04 Å². The van der Waals surface area contributed by atoms with Crippen molar-refractivity contribution in [2.75, 3.05) is 0 Å². The molecular weight excluding hydrogens is 186 g/mol. The molecule has 0 amide bonds. The SMILES string of the molecule is CCc1ccc(CNC2CCCC2C)o1. The molecule has 0 radical (unpaired) electrons. The van der Waals surface area contributed by atoms with Crippen LogP contribution in [0.1, 0.15) is 44.6 Å². The van der Waals surface area contributed by atoms with Crippen molar-refractivity contribution in [3.8, 4) is 0 Å². The minimum atomic E-state index is 0.695. The zero-order valence-electron chi connectivity index (χ0n) is 9.75. The lowest BCUT2D eigenvalue weighted by Gasteiger charge is -2.16. The van der Waals surface area contributed by atoms with Crippen LogP contribution < -0.4 is 5.32 Å². The number of rotatable bonds is 4. The summed E-state index contributed by atoms with van der Waals surface area (Å²) in [6, 6.07) is 4.86. The maximum Gasteiger partial charge on any atom is 0.117 e. The lowest BCUT2D eigenvalue weighted by Crippen LogP contribution is -2.30. The molecule has 1 aliphatic rings. The maximum absolute atomic E-state index is 5.67. The van der Waals surface area contributed by atoms with Crippen molar-refractivity contribution in [3.05, 3.63) is 23.7 Å². The molecule has 2 nitrogen and oxygen atoms in total. The van der Waals surface area contributed by atoms with Crippen LogP contribution >= 0.6 is 0 Å². The molecule has 0 aromatic carbocycles. The molecule has 1 aliphatic carbocycles. The Kier molecular flexibility index (Phi) is 3.47. The zero-order valence-corrected chi connectivity index (χ0v) is 9.75. The van der Waals surface area contributed by atoms with Gasteiger partial charge >= 0.3 is 0 Å². The van der Waals surface area contributed by atoms with E-state index in [1.165, 1.54) is 19.3 Å². The normalized spacial score (nSPS) is 26.0. The molecule has 2 unspecified atom stereocenters. The Labute approximate surface area is 92.1 Å². The minimum absolute atomic E-state index is 0.695. The fraction of sp³-hybridized carbons (Fsp3) is 0.692. The van der Waals surface area contributed by atoms with Crippen molar-refractivity contribution >= 4 is 0 Å². The minimum Gasteiger partial charge on any atom is -0.465 e. The summed E-state index contributed by atoms with van der Waals surface area (Å²) in [5.74, 6) is 2.99. The molecular formula is C13H21NO. The van der Waals surface area contributed by atoms with E-state index in [1.807, 2.05) is 0 Å². The summed E-state index contributed by atoms with van der Waals surface area (Å²) in [4.78, 5) is 0. The van der Waals surface area contributed by atoms with Gasteiger partial charge < -0.3 is 9.73 Å². The van der Waals surface area contributed by atoms with Gasteiger partial charge in [0.1, 0.15) is 11.5 Å².